The van der Waals surface area contributed by atoms with E-state index in [-0.39, 0.29) is 12.5 Å². The summed E-state index contributed by atoms with van der Waals surface area (Å²) in [6.07, 6.45) is 1.17. The van der Waals surface area contributed by atoms with E-state index in [2.05, 4.69) is 5.32 Å². The largest absolute Gasteiger partial charge is 0.480 e. The Hall–Kier alpha value is -2.12. The molecule has 0 bridgehead atoms. The summed E-state index contributed by atoms with van der Waals surface area (Å²) in [4.78, 5) is 46.9. The third kappa shape index (κ3) is 5.80. The van der Waals surface area contributed by atoms with Crippen molar-refractivity contribution in [2.75, 3.05) is 6.54 Å². The molecule has 1 atom stereocenters. The van der Waals surface area contributed by atoms with E-state index in [1.54, 1.807) is 6.92 Å². The fourth-order valence-electron chi connectivity index (χ4n) is 1.80. The summed E-state index contributed by atoms with van der Waals surface area (Å²) in [7, 11) is 0. The molecule has 0 spiro atoms. The molecular weight excluding hydrogens is 278 g/mol. The molecule has 0 aromatic rings. The van der Waals surface area contributed by atoms with Gasteiger partial charge in [0.15, 0.2) is 0 Å². The number of carboxylic acids is 1. The van der Waals surface area contributed by atoms with Crippen molar-refractivity contribution in [3.8, 4) is 0 Å². The molecule has 0 saturated carbocycles. The second-order valence-electron chi connectivity index (χ2n) is 4.56. The van der Waals surface area contributed by atoms with Crippen molar-refractivity contribution in [1.82, 2.24) is 15.5 Å². The van der Waals surface area contributed by atoms with Gasteiger partial charge in [0.2, 0.25) is 5.91 Å². The minimum absolute atomic E-state index is 0.118. The number of carbonyl (C=O) groups excluding carboxylic acids is 3. The lowest BCUT2D eigenvalue weighted by Crippen LogP contribution is -2.53. The van der Waals surface area contributed by atoms with Gasteiger partial charge in [-0.1, -0.05) is 13.8 Å². The lowest BCUT2D eigenvalue weighted by molar-refractivity contribution is -0.141. The van der Waals surface area contributed by atoms with Gasteiger partial charge in [0.05, 0.1) is 0 Å². The standard InChI is InChI=1S/C13H23N3O5/c1-5-9(6-2)10(17)14-12(20)15-13(21)16(7-3)8(4)11(18)19/h8-9H,5-7H2,1-4H3,(H,18,19)(H2,14,15,17,20,21). The zero-order valence-corrected chi connectivity index (χ0v) is 12.8. The van der Waals surface area contributed by atoms with Crippen LogP contribution in [0.1, 0.15) is 40.5 Å². The van der Waals surface area contributed by atoms with Gasteiger partial charge in [0.1, 0.15) is 6.04 Å². The average Bonchev–Trinajstić information content (AvgIpc) is 2.40. The summed E-state index contributed by atoms with van der Waals surface area (Å²) >= 11 is 0. The van der Waals surface area contributed by atoms with Crippen molar-refractivity contribution in [1.29, 1.82) is 0 Å². The molecule has 0 aliphatic rings. The number of rotatable bonds is 6. The van der Waals surface area contributed by atoms with Crippen molar-refractivity contribution >= 4 is 23.9 Å². The number of imide groups is 2. The fraction of sp³-hybridized carbons (Fsp3) is 0.692. The first-order valence-electron chi connectivity index (χ1n) is 6.93. The smallest absolute Gasteiger partial charge is 0.329 e. The molecule has 0 radical (unpaired) electrons. The van der Waals surface area contributed by atoms with Crippen molar-refractivity contribution in [2.45, 2.75) is 46.6 Å². The van der Waals surface area contributed by atoms with Gasteiger partial charge in [-0.05, 0) is 26.7 Å². The Morgan fingerprint density at radius 1 is 1.05 bits per heavy atom. The van der Waals surface area contributed by atoms with Crippen LogP contribution in [0, 0.1) is 5.92 Å². The fourth-order valence-corrected chi connectivity index (χ4v) is 1.80. The van der Waals surface area contributed by atoms with Crippen LogP contribution in [-0.4, -0.2) is 46.5 Å². The summed E-state index contributed by atoms with van der Waals surface area (Å²) < 4.78 is 0. The predicted octanol–water partition coefficient (Wildman–Crippen LogP) is 1.16. The SMILES string of the molecule is CCC(CC)C(=O)NC(=O)NC(=O)N(CC)C(C)C(=O)O. The highest BCUT2D eigenvalue weighted by atomic mass is 16.4. The molecule has 0 aliphatic heterocycles. The lowest BCUT2D eigenvalue weighted by Gasteiger charge is -2.24. The van der Waals surface area contributed by atoms with Gasteiger partial charge in [-0.15, -0.1) is 0 Å². The maximum atomic E-state index is 11.8. The van der Waals surface area contributed by atoms with Crippen LogP contribution in [0.15, 0.2) is 0 Å². The molecule has 0 rings (SSSR count). The number of carbonyl (C=O) groups is 4. The van der Waals surface area contributed by atoms with Gasteiger partial charge < -0.3 is 10.0 Å². The molecule has 120 valence electrons. The second kappa shape index (κ2) is 8.93. The van der Waals surface area contributed by atoms with Crippen LogP contribution in [-0.2, 0) is 9.59 Å². The quantitative estimate of drug-likeness (QED) is 0.681. The van der Waals surface area contributed by atoms with E-state index in [0.29, 0.717) is 12.8 Å². The minimum atomic E-state index is -1.18. The van der Waals surface area contributed by atoms with Crippen LogP contribution < -0.4 is 10.6 Å². The number of hydrogen-bond donors (Lipinski definition) is 3. The monoisotopic (exact) mass is 301 g/mol. The number of likely N-dealkylation sites (N-methyl/N-ethyl adjacent to an activating group) is 1. The molecule has 21 heavy (non-hydrogen) atoms. The second-order valence-corrected chi connectivity index (χ2v) is 4.56. The van der Waals surface area contributed by atoms with Gasteiger partial charge in [-0.2, -0.15) is 0 Å². The van der Waals surface area contributed by atoms with Crippen LogP contribution in [0.4, 0.5) is 9.59 Å². The summed E-state index contributed by atoms with van der Waals surface area (Å²) in [5.41, 5.74) is 0. The zero-order valence-electron chi connectivity index (χ0n) is 12.8. The van der Waals surface area contributed by atoms with Gasteiger partial charge >= 0.3 is 18.0 Å². The summed E-state index contributed by atoms with van der Waals surface area (Å²) in [5, 5.41) is 12.9. The van der Waals surface area contributed by atoms with Crippen LogP contribution in [0.25, 0.3) is 0 Å². The first kappa shape index (κ1) is 18.9. The molecule has 3 N–H and O–H groups in total. The molecule has 0 saturated heterocycles. The molecule has 0 aliphatic carbocycles. The first-order chi connectivity index (χ1) is 9.78. The van der Waals surface area contributed by atoms with E-state index in [0.717, 1.165) is 4.90 Å². The molecule has 5 amide bonds. The maximum absolute atomic E-state index is 11.8. The number of amides is 5. The van der Waals surface area contributed by atoms with E-state index in [4.69, 9.17) is 5.11 Å². The van der Waals surface area contributed by atoms with E-state index in [9.17, 15) is 19.2 Å². The Morgan fingerprint density at radius 2 is 1.57 bits per heavy atom. The molecule has 0 aromatic heterocycles. The number of nitrogens with one attached hydrogen (secondary N) is 2. The third-order valence-electron chi connectivity index (χ3n) is 3.24. The highest BCUT2D eigenvalue weighted by Gasteiger charge is 2.26. The number of hydrogen-bond acceptors (Lipinski definition) is 4. The molecule has 8 heteroatoms. The van der Waals surface area contributed by atoms with Gasteiger partial charge in [0.25, 0.3) is 0 Å². The zero-order chi connectivity index (χ0) is 16.6. The van der Waals surface area contributed by atoms with E-state index in [1.807, 2.05) is 19.2 Å². The Kier molecular flexibility index (Phi) is 8.03. The predicted molar refractivity (Wildman–Crippen MR) is 75.6 cm³/mol. The Labute approximate surface area is 123 Å². The first-order valence-corrected chi connectivity index (χ1v) is 6.93. The normalized spacial score (nSPS) is 11.7. The summed E-state index contributed by atoms with van der Waals surface area (Å²) in [5.74, 6) is -1.94. The average molecular weight is 301 g/mol. The van der Waals surface area contributed by atoms with Crippen molar-refractivity contribution < 1.29 is 24.3 Å². The van der Waals surface area contributed by atoms with Gasteiger partial charge in [0, 0.05) is 12.5 Å². The number of nitrogens with zero attached hydrogens (tertiary/aromatic N) is 1. The molecule has 1 unspecified atom stereocenters. The number of carboxylic acid groups (broad SMARTS) is 1. The van der Waals surface area contributed by atoms with Crippen LogP contribution in [0.5, 0.6) is 0 Å². The van der Waals surface area contributed by atoms with E-state index in [1.165, 1.54) is 6.92 Å². The van der Waals surface area contributed by atoms with Gasteiger partial charge in [-0.25, -0.2) is 14.4 Å². The maximum Gasteiger partial charge on any atom is 0.329 e. The van der Waals surface area contributed by atoms with Crippen LogP contribution in [0.3, 0.4) is 0 Å². The van der Waals surface area contributed by atoms with Crippen molar-refractivity contribution in [3.05, 3.63) is 0 Å². The summed E-state index contributed by atoms with van der Waals surface area (Å²) in [6, 6.07) is -2.88. The highest BCUT2D eigenvalue weighted by molar-refractivity contribution is 6.02. The lowest BCUT2D eigenvalue weighted by atomic mass is 10.0. The Morgan fingerprint density at radius 3 is 1.95 bits per heavy atom. The minimum Gasteiger partial charge on any atom is -0.480 e. The third-order valence-corrected chi connectivity index (χ3v) is 3.24. The Balaban J connectivity index is 4.59. The Bertz CT molecular complexity index is 407. The van der Waals surface area contributed by atoms with Crippen LogP contribution >= 0.6 is 0 Å². The van der Waals surface area contributed by atoms with Crippen LogP contribution in [0.2, 0.25) is 0 Å². The van der Waals surface area contributed by atoms with Crippen molar-refractivity contribution in [3.63, 3.8) is 0 Å². The topological polar surface area (TPSA) is 116 Å². The van der Waals surface area contributed by atoms with E-state index >= 15 is 0 Å². The molecule has 0 fully saturated rings. The molecule has 0 aromatic carbocycles. The number of urea groups is 2. The molecule has 8 nitrogen and oxygen atoms in total. The van der Waals surface area contributed by atoms with Gasteiger partial charge in [-0.3, -0.25) is 15.4 Å². The highest BCUT2D eigenvalue weighted by Crippen LogP contribution is 2.06. The molecule has 0 heterocycles. The van der Waals surface area contributed by atoms with E-state index < -0.39 is 30.0 Å². The van der Waals surface area contributed by atoms with Crippen molar-refractivity contribution in [2.24, 2.45) is 5.92 Å². The number of aliphatic carboxylic acids is 1. The summed E-state index contributed by atoms with van der Waals surface area (Å²) in [6.45, 7) is 6.69. The molecular formula is C13H23N3O5.